The highest BCUT2D eigenvalue weighted by atomic mass is 32.1. The molecule has 1 aromatic carbocycles. The summed E-state index contributed by atoms with van der Waals surface area (Å²) >= 11 is 1.52. The number of rotatable bonds is 2. The van der Waals surface area contributed by atoms with Crippen molar-refractivity contribution >= 4 is 11.3 Å². The van der Waals surface area contributed by atoms with Gasteiger partial charge in [0.15, 0.2) is 0 Å². The third-order valence-electron chi connectivity index (χ3n) is 3.48. The molecule has 1 aliphatic rings. The highest BCUT2D eigenvalue weighted by Gasteiger charge is 2.24. The van der Waals surface area contributed by atoms with E-state index in [4.69, 9.17) is 4.52 Å². The van der Waals surface area contributed by atoms with E-state index in [1.165, 1.54) is 22.5 Å². The molecule has 1 N–H and O–H groups in total. The average molecular weight is 284 g/mol. The lowest BCUT2D eigenvalue weighted by atomic mass is 9.96. The maximum Gasteiger partial charge on any atom is 0.244 e. The number of hydrogen-bond donors (Lipinski definition) is 1. The van der Waals surface area contributed by atoms with E-state index in [1.807, 2.05) is 5.38 Å². The zero-order valence-electron chi connectivity index (χ0n) is 10.6. The quantitative estimate of drug-likeness (QED) is 0.783. The summed E-state index contributed by atoms with van der Waals surface area (Å²) in [6.07, 6.45) is 0.870. The Kier molecular flexibility index (Phi) is 2.82. The van der Waals surface area contributed by atoms with Crippen molar-refractivity contribution in [3.05, 3.63) is 52.2 Å². The molecule has 0 amide bonds. The maximum absolute atomic E-state index is 5.38. The van der Waals surface area contributed by atoms with Crippen LogP contribution in [-0.2, 0) is 13.0 Å². The second-order valence-corrected chi connectivity index (χ2v) is 5.45. The summed E-state index contributed by atoms with van der Waals surface area (Å²) in [5, 5.41) is 9.36. The Bertz CT molecular complexity index is 722. The van der Waals surface area contributed by atoms with Crippen molar-refractivity contribution in [3.63, 3.8) is 0 Å². The first-order chi connectivity index (χ1) is 9.90. The summed E-state index contributed by atoms with van der Waals surface area (Å²) in [6.45, 7) is 0.829. The predicted molar refractivity (Wildman–Crippen MR) is 75.1 cm³/mol. The van der Waals surface area contributed by atoms with E-state index in [2.05, 4.69) is 44.7 Å². The van der Waals surface area contributed by atoms with Gasteiger partial charge in [-0.25, -0.2) is 4.98 Å². The molecular formula is C14H12N4OS. The standard InChI is InChI=1S/C14H12N4OS/c1-2-4-10-6-15-11(5-9(10)3-1)14-17-13(18-19-14)12-7-20-8-16-12/h1-4,7-8,11,15H,5-6H2. The fraction of sp³-hybridized carbons (Fsp3) is 0.214. The lowest BCUT2D eigenvalue weighted by Crippen LogP contribution is -2.28. The molecule has 1 aliphatic heterocycles. The molecule has 20 heavy (non-hydrogen) atoms. The molecule has 0 fully saturated rings. The van der Waals surface area contributed by atoms with Crippen molar-refractivity contribution < 1.29 is 4.52 Å². The van der Waals surface area contributed by atoms with E-state index >= 15 is 0 Å². The van der Waals surface area contributed by atoms with Gasteiger partial charge in [-0.3, -0.25) is 0 Å². The fourth-order valence-corrected chi connectivity index (χ4v) is 2.96. The summed E-state index contributed by atoms with van der Waals surface area (Å²) in [6, 6.07) is 8.50. The zero-order chi connectivity index (χ0) is 13.4. The Morgan fingerprint density at radius 3 is 3.00 bits per heavy atom. The molecular weight excluding hydrogens is 272 g/mol. The molecule has 100 valence electrons. The van der Waals surface area contributed by atoms with Crippen LogP contribution in [0.15, 0.2) is 39.7 Å². The monoisotopic (exact) mass is 284 g/mol. The minimum Gasteiger partial charge on any atom is -0.337 e. The second-order valence-electron chi connectivity index (χ2n) is 4.74. The lowest BCUT2D eigenvalue weighted by molar-refractivity contribution is 0.321. The van der Waals surface area contributed by atoms with Gasteiger partial charge in [-0.1, -0.05) is 29.4 Å². The van der Waals surface area contributed by atoms with Crippen LogP contribution >= 0.6 is 11.3 Å². The van der Waals surface area contributed by atoms with Gasteiger partial charge >= 0.3 is 0 Å². The van der Waals surface area contributed by atoms with Crippen molar-refractivity contribution in [1.29, 1.82) is 0 Å². The highest BCUT2D eigenvalue weighted by molar-refractivity contribution is 7.07. The molecule has 2 aromatic heterocycles. The van der Waals surface area contributed by atoms with Gasteiger partial charge in [0.2, 0.25) is 11.7 Å². The van der Waals surface area contributed by atoms with Gasteiger partial charge in [0.25, 0.3) is 0 Å². The number of benzene rings is 1. The van der Waals surface area contributed by atoms with Crippen LogP contribution in [0.4, 0.5) is 0 Å². The molecule has 0 saturated carbocycles. The number of nitrogens with one attached hydrogen (secondary N) is 1. The number of nitrogens with zero attached hydrogens (tertiary/aromatic N) is 3. The molecule has 0 bridgehead atoms. The molecule has 0 aliphatic carbocycles. The van der Waals surface area contributed by atoms with Crippen molar-refractivity contribution in [2.24, 2.45) is 0 Å². The first-order valence-electron chi connectivity index (χ1n) is 6.42. The van der Waals surface area contributed by atoms with Gasteiger partial charge in [0, 0.05) is 11.9 Å². The van der Waals surface area contributed by atoms with Crippen LogP contribution < -0.4 is 5.32 Å². The molecule has 6 heteroatoms. The Balaban J connectivity index is 1.60. The van der Waals surface area contributed by atoms with Crippen molar-refractivity contribution in [1.82, 2.24) is 20.4 Å². The number of hydrogen-bond acceptors (Lipinski definition) is 6. The van der Waals surface area contributed by atoms with Crippen LogP contribution in [0.5, 0.6) is 0 Å². The molecule has 0 radical (unpaired) electrons. The third kappa shape index (κ3) is 2.03. The third-order valence-corrected chi connectivity index (χ3v) is 4.07. The van der Waals surface area contributed by atoms with E-state index in [0.717, 1.165) is 18.7 Å². The van der Waals surface area contributed by atoms with Gasteiger partial charge in [0.05, 0.1) is 11.6 Å². The molecule has 1 unspecified atom stereocenters. The largest absolute Gasteiger partial charge is 0.337 e. The lowest BCUT2D eigenvalue weighted by Gasteiger charge is -2.23. The van der Waals surface area contributed by atoms with E-state index < -0.39 is 0 Å². The number of aromatic nitrogens is 3. The molecule has 3 heterocycles. The molecule has 5 nitrogen and oxygen atoms in total. The van der Waals surface area contributed by atoms with E-state index in [0.29, 0.717) is 11.7 Å². The summed E-state index contributed by atoms with van der Waals surface area (Å²) in [5.41, 5.74) is 5.20. The van der Waals surface area contributed by atoms with Crippen LogP contribution in [0, 0.1) is 0 Å². The Morgan fingerprint density at radius 2 is 2.15 bits per heavy atom. The van der Waals surface area contributed by atoms with E-state index in [9.17, 15) is 0 Å². The Labute approximate surface area is 119 Å². The summed E-state index contributed by atoms with van der Waals surface area (Å²) in [7, 11) is 0. The van der Waals surface area contributed by atoms with Crippen LogP contribution in [-0.4, -0.2) is 15.1 Å². The van der Waals surface area contributed by atoms with Crippen LogP contribution in [0.25, 0.3) is 11.5 Å². The van der Waals surface area contributed by atoms with Gasteiger partial charge < -0.3 is 9.84 Å². The van der Waals surface area contributed by atoms with E-state index in [1.54, 1.807) is 5.51 Å². The Morgan fingerprint density at radius 1 is 1.25 bits per heavy atom. The Hall–Kier alpha value is -2.05. The van der Waals surface area contributed by atoms with Gasteiger partial charge in [-0.15, -0.1) is 11.3 Å². The minimum absolute atomic E-state index is 0.0739. The first kappa shape index (κ1) is 11.7. The van der Waals surface area contributed by atoms with Crippen LogP contribution in [0.2, 0.25) is 0 Å². The summed E-state index contributed by atoms with van der Waals surface area (Å²) in [5.74, 6) is 1.18. The first-order valence-corrected chi connectivity index (χ1v) is 7.37. The van der Waals surface area contributed by atoms with E-state index in [-0.39, 0.29) is 6.04 Å². The molecule has 3 aromatic rings. The fourth-order valence-electron chi connectivity index (χ4n) is 2.43. The number of fused-ring (bicyclic) bond motifs is 1. The van der Waals surface area contributed by atoms with Crippen molar-refractivity contribution in [2.75, 3.05) is 0 Å². The molecule has 0 saturated heterocycles. The predicted octanol–water partition coefficient (Wildman–Crippen LogP) is 2.58. The maximum atomic E-state index is 5.38. The SMILES string of the molecule is c1ccc2c(c1)CNC(c1nc(-c3cscn3)no1)C2. The highest BCUT2D eigenvalue weighted by Crippen LogP contribution is 2.26. The van der Waals surface area contributed by atoms with Crippen molar-refractivity contribution in [3.8, 4) is 11.5 Å². The van der Waals surface area contributed by atoms with Crippen LogP contribution in [0.1, 0.15) is 23.1 Å². The number of thiazole rings is 1. The molecule has 4 rings (SSSR count). The minimum atomic E-state index is 0.0739. The average Bonchev–Trinajstić information content (AvgIpc) is 3.17. The van der Waals surface area contributed by atoms with Gasteiger partial charge in [-0.05, 0) is 17.5 Å². The van der Waals surface area contributed by atoms with Gasteiger partial charge in [0.1, 0.15) is 5.69 Å². The second kappa shape index (κ2) is 4.81. The smallest absolute Gasteiger partial charge is 0.244 e. The van der Waals surface area contributed by atoms with Crippen LogP contribution in [0.3, 0.4) is 0 Å². The summed E-state index contributed by atoms with van der Waals surface area (Å²) in [4.78, 5) is 8.65. The normalized spacial score (nSPS) is 17.9. The zero-order valence-corrected chi connectivity index (χ0v) is 11.4. The van der Waals surface area contributed by atoms with Crippen molar-refractivity contribution in [2.45, 2.75) is 19.0 Å². The summed E-state index contributed by atoms with van der Waals surface area (Å²) < 4.78 is 5.38. The van der Waals surface area contributed by atoms with Gasteiger partial charge in [-0.2, -0.15) is 4.98 Å². The molecule has 1 atom stereocenters. The topological polar surface area (TPSA) is 63.8 Å². The molecule has 0 spiro atoms.